The van der Waals surface area contributed by atoms with Crippen LogP contribution in [0.25, 0.3) is 0 Å². The molecule has 0 saturated carbocycles. The minimum absolute atomic E-state index is 0. The standard InChI is InChI=1S/C2H5Se2.Re/c1-3-4-2;/h1H2,2H3;/q-1;. The maximum absolute atomic E-state index is 3.69. The molecule has 0 amide bonds. The van der Waals surface area contributed by atoms with Crippen LogP contribution in [0.3, 0.4) is 0 Å². The SMILES string of the molecule is [CH2-][Se][Se]C.[Re]. The number of rotatable bonds is 1. The Morgan fingerprint density at radius 1 is 1.60 bits per heavy atom. The molecule has 0 aromatic rings. The van der Waals surface area contributed by atoms with Crippen LogP contribution in [-0.2, 0) is 20.4 Å². The molecule has 0 aliphatic carbocycles. The van der Waals surface area contributed by atoms with Gasteiger partial charge in [-0.1, -0.05) is 0 Å². The van der Waals surface area contributed by atoms with Crippen LogP contribution in [0.15, 0.2) is 0 Å². The van der Waals surface area contributed by atoms with E-state index in [1.54, 1.807) is 0 Å². The molecule has 0 fully saturated rings. The van der Waals surface area contributed by atoms with Gasteiger partial charge in [-0.2, -0.15) is 0 Å². The first-order valence-electron chi connectivity index (χ1n) is 0.864. The van der Waals surface area contributed by atoms with Gasteiger partial charge in [0.1, 0.15) is 0 Å². The molecule has 0 spiro atoms. The fourth-order valence-electron chi connectivity index (χ4n) is 0. The molecule has 0 saturated heterocycles. The van der Waals surface area contributed by atoms with Crippen LogP contribution in [0.5, 0.6) is 0 Å². The molecule has 0 aromatic heterocycles. The predicted molar refractivity (Wildman–Crippen MR) is 22.7 cm³/mol. The van der Waals surface area contributed by atoms with Crippen LogP contribution in [0.1, 0.15) is 0 Å². The van der Waals surface area contributed by atoms with E-state index in [1.165, 1.54) is 0 Å². The molecule has 0 aliphatic rings. The molecular weight excluding hydrogens is 368 g/mol. The second-order valence-corrected chi connectivity index (χ2v) is 7.68. The molecule has 3 heteroatoms. The largest absolute Gasteiger partial charge is 0 e. The van der Waals surface area contributed by atoms with Gasteiger partial charge < -0.3 is 0 Å². The zero-order valence-electron chi connectivity index (χ0n) is 2.90. The van der Waals surface area contributed by atoms with Crippen LogP contribution in [0.2, 0.25) is 5.82 Å². The summed E-state index contributed by atoms with van der Waals surface area (Å²) < 4.78 is 0. The summed E-state index contributed by atoms with van der Waals surface area (Å²) in [6, 6.07) is 0. The second kappa shape index (κ2) is 9.20. The molecule has 0 N–H and O–H groups in total. The van der Waals surface area contributed by atoms with Crippen molar-refractivity contribution in [3.63, 3.8) is 0 Å². The van der Waals surface area contributed by atoms with Crippen LogP contribution < -0.4 is 0 Å². The summed E-state index contributed by atoms with van der Waals surface area (Å²) in [5.74, 6) is 5.90. The first kappa shape index (κ1) is 9.86. The van der Waals surface area contributed by atoms with E-state index >= 15 is 0 Å². The summed E-state index contributed by atoms with van der Waals surface area (Å²) in [6.45, 7) is 0. The van der Waals surface area contributed by atoms with Gasteiger partial charge in [0.25, 0.3) is 0 Å². The minimum atomic E-state index is 0. The van der Waals surface area contributed by atoms with Crippen molar-refractivity contribution >= 4 is 26.3 Å². The van der Waals surface area contributed by atoms with E-state index in [0.717, 1.165) is 26.3 Å². The predicted octanol–water partition coefficient (Wildman–Crippen LogP) is 0.147. The van der Waals surface area contributed by atoms with E-state index in [2.05, 4.69) is 11.6 Å². The minimum Gasteiger partial charge on any atom is 0 e. The second-order valence-electron chi connectivity index (χ2n) is 0.285. The Kier molecular flexibility index (Phi) is 18.1. The maximum atomic E-state index is 3.69. The van der Waals surface area contributed by atoms with Crippen LogP contribution in [-0.4, -0.2) is 26.3 Å². The third-order valence-corrected chi connectivity index (χ3v) is 3.18. The summed E-state index contributed by atoms with van der Waals surface area (Å²) in [7, 11) is 0. The smallest absolute Gasteiger partial charge is 0 e. The first-order chi connectivity index (χ1) is 1.91. The van der Waals surface area contributed by atoms with Crippen molar-refractivity contribution in [1.29, 1.82) is 0 Å². The van der Waals surface area contributed by atoms with Crippen LogP contribution in [0.4, 0.5) is 0 Å². The Balaban J connectivity index is 0. The van der Waals surface area contributed by atoms with E-state index in [9.17, 15) is 0 Å². The Bertz CT molecular complexity index is 9.61. The van der Waals surface area contributed by atoms with E-state index < -0.39 is 0 Å². The molecule has 0 heterocycles. The summed E-state index contributed by atoms with van der Waals surface area (Å²) >= 11 is 1.60. The topological polar surface area (TPSA) is 0 Å². The zero-order chi connectivity index (χ0) is 3.41. The molecule has 0 bridgehead atoms. The number of hydrogen-bond donors (Lipinski definition) is 0. The Hall–Kier alpha value is 1.70. The summed E-state index contributed by atoms with van der Waals surface area (Å²) in [6.07, 6.45) is 0. The Labute approximate surface area is 58.0 Å². The fraction of sp³-hybridized carbons (Fsp3) is 0.500. The maximum Gasteiger partial charge on any atom is 0 e. The molecule has 0 nitrogen and oxygen atoms in total. The molecular formula is C2H5ReSe2-. The third kappa shape index (κ3) is 10.7. The van der Waals surface area contributed by atoms with Gasteiger partial charge in [0.15, 0.2) is 0 Å². The van der Waals surface area contributed by atoms with Gasteiger partial charge in [-0.3, -0.25) is 0 Å². The van der Waals surface area contributed by atoms with E-state index in [1.807, 2.05) is 0 Å². The molecule has 0 aromatic carbocycles. The van der Waals surface area contributed by atoms with Gasteiger partial charge >= 0.3 is 37.9 Å². The van der Waals surface area contributed by atoms with Gasteiger partial charge in [-0.25, -0.2) is 0 Å². The molecule has 0 rings (SSSR count). The summed E-state index contributed by atoms with van der Waals surface area (Å²) in [5.41, 5.74) is 0. The molecule has 0 atom stereocenters. The molecule has 0 aliphatic heterocycles. The van der Waals surface area contributed by atoms with Gasteiger partial charge in [0.2, 0.25) is 0 Å². The van der Waals surface area contributed by atoms with E-state index in [0.29, 0.717) is 0 Å². The van der Waals surface area contributed by atoms with Crippen LogP contribution in [0, 0.1) is 5.82 Å². The number of hydrogen-bond acceptors (Lipinski definition) is 0. The van der Waals surface area contributed by atoms with Crippen molar-refractivity contribution in [3.8, 4) is 0 Å². The van der Waals surface area contributed by atoms with Crippen molar-refractivity contribution in [2.24, 2.45) is 0 Å². The molecule has 1 radical (unpaired) electrons. The van der Waals surface area contributed by atoms with E-state index in [4.69, 9.17) is 0 Å². The van der Waals surface area contributed by atoms with Crippen molar-refractivity contribution < 1.29 is 20.4 Å². The summed E-state index contributed by atoms with van der Waals surface area (Å²) in [4.78, 5) is 0. The van der Waals surface area contributed by atoms with Crippen LogP contribution >= 0.6 is 0 Å². The van der Waals surface area contributed by atoms with Crippen molar-refractivity contribution in [1.82, 2.24) is 0 Å². The average Bonchev–Trinajstić information content (AvgIpc) is 1.37. The van der Waals surface area contributed by atoms with Gasteiger partial charge in [0, 0.05) is 20.4 Å². The first-order valence-corrected chi connectivity index (χ1v) is 8.12. The molecule has 5 heavy (non-hydrogen) atoms. The Morgan fingerprint density at radius 2 is 1.80 bits per heavy atom. The third-order valence-electron chi connectivity index (χ3n) is 0.118. The molecule has 0 unspecified atom stereocenters. The average molecular weight is 373 g/mol. The fourth-order valence-corrected chi connectivity index (χ4v) is 0. The quantitative estimate of drug-likeness (QED) is 0.454. The van der Waals surface area contributed by atoms with Gasteiger partial charge in [-0.05, 0) is 0 Å². The van der Waals surface area contributed by atoms with Gasteiger partial charge in [0.05, 0.1) is 0 Å². The monoisotopic (exact) mass is 376 g/mol. The zero-order valence-corrected chi connectivity index (χ0v) is 9.04. The molecule has 33 valence electrons. The van der Waals surface area contributed by atoms with Crippen molar-refractivity contribution in [2.45, 2.75) is 5.82 Å². The summed E-state index contributed by atoms with van der Waals surface area (Å²) in [5, 5.41) is 0. The van der Waals surface area contributed by atoms with Gasteiger partial charge in [-0.15, -0.1) is 0 Å². The van der Waals surface area contributed by atoms with Crippen molar-refractivity contribution in [3.05, 3.63) is 5.82 Å². The normalized spacial score (nSPS) is 6.00. The van der Waals surface area contributed by atoms with E-state index in [-0.39, 0.29) is 20.4 Å². The Morgan fingerprint density at radius 3 is 1.80 bits per heavy atom. The van der Waals surface area contributed by atoms with Crippen molar-refractivity contribution in [2.75, 3.05) is 0 Å².